The third-order valence-corrected chi connectivity index (χ3v) is 4.44. The average Bonchev–Trinajstić information content (AvgIpc) is 2.57. The monoisotopic (exact) mass is 418 g/mol. The second-order valence-electron chi connectivity index (χ2n) is 4.96. The first kappa shape index (κ1) is 19.9. The summed E-state index contributed by atoms with van der Waals surface area (Å²) in [5, 5.41) is 5.64. The summed E-state index contributed by atoms with van der Waals surface area (Å²) in [6, 6.07) is 10.1. The van der Waals surface area contributed by atoms with E-state index in [1.165, 1.54) is 6.21 Å². The van der Waals surface area contributed by atoms with Crippen molar-refractivity contribution in [2.24, 2.45) is 5.10 Å². The van der Waals surface area contributed by atoms with Crippen molar-refractivity contribution in [3.63, 3.8) is 0 Å². The third kappa shape index (κ3) is 6.40. The van der Waals surface area contributed by atoms with Gasteiger partial charge in [-0.15, -0.1) is 0 Å². The molecule has 0 atom stereocenters. The fourth-order valence-electron chi connectivity index (χ4n) is 1.86. The maximum atomic E-state index is 11.7. The van der Waals surface area contributed by atoms with Crippen molar-refractivity contribution in [3.8, 4) is 5.75 Å². The molecular weight excluding hydrogens is 406 g/mol. The Balaban J connectivity index is 1.72. The highest BCUT2D eigenvalue weighted by Crippen LogP contribution is 2.27. The van der Waals surface area contributed by atoms with E-state index in [9.17, 15) is 4.79 Å². The van der Waals surface area contributed by atoms with E-state index in [0.29, 0.717) is 44.4 Å². The predicted octanol–water partition coefficient (Wildman–Crippen LogP) is 5.61. The lowest BCUT2D eigenvalue weighted by Crippen LogP contribution is -2.18. The van der Waals surface area contributed by atoms with Crippen LogP contribution >= 0.6 is 46.4 Å². The molecule has 0 fully saturated rings. The molecule has 0 aliphatic heterocycles. The number of ether oxygens (including phenoxy) is 1. The molecule has 1 amide bonds. The Labute approximate surface area is 165 Å². The largest absolute Gasteiger partial charge is 0.492 e. The average molecular weight is 420 g/mol. The molecule has 4 nitrogen and oxygen atoms in total. The molecule has 0 aromatic heterocycles. The number of halogens is 4. The van der Waals surface area contributed by atoms with Crippen LogP contribution in [-0.4, -0.2) is 18.7 Å². The number of nitrogens with one attached hydrogen (secondary N) is 1. The zero-order chi connectivity index (χ0) is 18.2. The second-order valence-corrected chi connectivity index (χ2v) is 6.59. The third-order valence-electron chi connectivity index (χ3n) is 3.07. The van der Waals surface area contributed by atoms with Crippen LogP contribution in [0.4, 0.5) is 0 Å². The standard InChI is InChI=1S/C17H14Cl4N2O2/c18-12-6-7-15(14(20)9-12)25-8-2-5-16(24)23-22-10-11-3-1-4-13(19)17(11)21/h1,3-4,6-7,9-10H,2,5,8H2,(H,23,24)/b22-10+. The Morgan fingerprint density at radius 2 is 1.92 bits per heavy atom. The van der Waals surface area contributed by atoms with Gasteiger partial charge in [0.05, 0.1) is 27.9 Å². The Bertz CT molecular complexity index is 781. The van der Waals surface area contributed by atoms with Crippen molar-refractivity contribution in [2.45, 2.75) is 12.8 Å². The molecule has 0 unspecified atom stereocenters. The minimum atomic E-state index is -0.236. The van der Waals surface area contributed by atoms with E-state index < -0.39 is 0 Å². The minimum Gasteiger partial charge on any atom is -0.492 e. The number of hydrazone groups is 1. The zero-order valence-corrected chi connectivity index (χ0v) is 16.0. The van der Waals surface area contributed by atoms with Gasteiger partial charge in [0, 0.05) is 17.0 Å². The highest BCUT2D eigenvalue weighted by atomic mass is 35.5. The Kier molecular flexibility index (Phi) is 7.85. The number of carbonyl (C=O) groups is 1. The van der Waals surface area contributed by atoms with Crippen LogP contribution in [0.3, 0.4) is 0 Å². The van der Waals surface area contributed by atoms with E-state index in [-0.39, 0.29) is 12.3 Å². The number of nitrogens with zero attached hydrogens (tertiary/aromatic N) is 1. The Hall–Kier alpha value is -1.46. The first-order valence-electron chi connectivity index (χ1n) is 7.31. The lowest BCUT2D eigenvalue weighted by Gasteiger charge is -2.07. The fourth-order valence-corrected chi connectivity index (χ4v) is 2.68. The predicted molar refractivity (Wildman–Crippen MR) is 103 cm³/mol. The van der Waals surface area contributed by atoms with Crippen LogP contribution in [0.25, 0.3) is 0 Å². The van der Waals surface area contributed by atoms with E-state index in [1.54, 1.807) is 36.4 Å². The zero-order valence-electron chi connectivity index (χ0n) is 12.9. The summed E-state index contributed by atoms with van der Waals surface area (Å²) in [7, 11) is 0. The first-order valence-corrected chi connectivity index (χ1v) is 8.82. The van der Waals surface area contributed by atoms with Crippen LogP contribution in [-0.2, 0) is 4.79 Å². The molecular formula is C17H14Cl4N2O2. The molecule has 0 aliphatic rings. The fraction of sp³-hybridized carbons (Fsp3) is 0.176. The molecule has 0 radical (unpaired) electrons. The van der Waals surface area contributed by atoms with Crippen molar-refractivity contribution < 1.29 is 9.53 Å². The molecule has 0 heterocycles. The number of amides is 1. The highest BCUT2D eigenvalue weighted by Gasteiger charge is 2.05. The van der Waals surface area contributed by atoms with E-state index in [4.69, 9.17) is 51.1 Å². The van der Waals surface area contributed by atoms with Crippen LogP contribution in [0.2, 0.25) is 20.1 Å². The van der Waals surface area contributed by atoms with Gasteiger partial charge in [-0.3, -0.25) is 4.79 Å². The van der Waals surface area contributed by atoms with Crippen LogP contribution in [0.1, 0.15) is 18.4 Å². The maximum absolute atomic E-state index is 11.7. The van der Waals surface area contributed by atoms with Crippen molar-refractivity contribution >= 4 is 58.5 Å². The van der Waals surface area contributed by atoms with E-state index >= 15 is 0 Å². The summed E-state index contributed by atoms with van der Waals surface area (Å²) in [4.78, 5) is 11.7. The Morgan fingerprint density at radius 3 is 2.68 bits per heavy atom. The maximum Gasteiger partial charge on any atom is 0.240 e. The summed E-state index contributed by atoms with van der Waals surface area (Å²) < 4.78 is 5.50. The summed E-state index contributed by atoms with van der Waals surface area (Å²) >= 11 is 23.7. The van der Waals surface area contributed by atoms with Gasteiger partial charge in [-0.2, -0.15) is 5.10 Å². The normalized spacial score (nSPS) is 10.9. The quantitative estimate of drug-likeness (QED) is 0.360. The SMILES string of the molecule is O=C(CCCOc1ccc(Cl)cc1Cl)N/N=C/c1cccc(Cl)c1Cl. The second kappa shape index (κ2) is 9.88. The van der Waals surface area contributed by atoms with Crippen molar-refractivity contribution in [1.82, 2.24) is 5.43 Å². The van der Waals surface area contributed by atoms with Gasteiger partial charge >= 0.3 is 0 Å². The molecule has 0 spiro atoms. The van der Waals surface area contributed by atoms with Gasteiger partial charge in [0.25, 0.3) is 0 Å². The smallest absolute Gasteiger partial charge is 0.240 e. The van der Waals surface area contributed by atoms with Gasteiger partial charge in [-0.25, -0.2) is 5.43 Å². The number of carbonyl (C=O) groups excluding carboxylic acids is 1. The number of hydrogen-bond donors (Lipinski definition) is 1. The topological polar surface area (TPSA) is 50.7 Å². The van der Waals surface area contributed by atoms with Gasteiger partial charge in [-0.05, 0) is 30.7 Å². The molecule has 8 heteroatoms. The van der Waals surface area contributed by atoms with E-state index in [0.717, 1.165) is 0 Å². The van der Waals surface area contributed by atoms with E-state index in [2.05, 4.69) is 10.5 Å². The lowest BCUT2D eigenvalue weighted by atomic mass is 10.2. The summed E-state index contributed by atoms with van der Waals surface area (Å²) in [5.41, 5.74) is 3.05. The van der Waals surface area contributed by atoms with Crippen LogP contribution < -0.4 is 10.2 Å². The molecule has 2 aromatic carbocycles. The summed E-state index contributed by atoms with van der Waals surface area (Å²) in [5.74, 6) is 0.292. The van der Waals surface area contributed by atoms with Gasteiger partial charge in [0.2, 0.25) is 5.91 Å². The first-order chi connectivity index (χ1) is 12.0. The lowest BCUT2D eigenvalue weighted by molar-refractivity contribution is -0.121. The molecule has 2 rings (SSSR count). The molecule has 132 valence electrons. The molecule has 25 heavy (non-hydrogen) atoms. The molecule has 2 aromatic rings. The van der Waals surface area contributed by atoms with Crippen LogP contribution in [0.5, 0.6) is 5.75 Å². The van der Waals surface area contributed by atoms with Crippen molar-refractivity contribution in [2.75, 3.05) is 6.61 Å². The van der Waals surface area contributed by atoms with Crippen molar-refractivity contribution in [1.29, 1.82) is 0 Å². The number of benzene rings is 2. The van der Waals surface area contributed by atoms with E-state index in [1.807, 2.05) is 0 Å². The van der Waals surface area contributed by atoms with Gasteiger partial charge < -0.3 is 4.74 Å². The van der Waals surface area contributed by atoms with Gasteiger partial charge in [0.1, 0.15) is 5.75 Å². The molecule has 0 saturated heterocycles. The van der Waals surface area contributed by atoms with Gasteiger partial charge in [-0.1, -0.05) is 58.5 Å². The summed E-state index contributed by atoms with van der Waals surface area (Å²) in [6.45, 7) is 0.346. The number of hydrogen-bond acceptors (Lipinski definition) is 3. The van der Waals surface area contributed by atoms with Crippen LogP contribution in [0.15, 0.2) is 41.5 Å². The minimum absolute atomic E-state index is 0.236. The summed E-state index contributed by atoms with van der Waals surface area (Å²) in [6.07, 6.45) is 2.21. The molecule has 0 aliphatic carbocycles. The Morgan fingerprint density at radius 1 is 1.12 bits per heavy atom. The number of rotatable bonds is 7. The molecule has 1 N–H and O–H groups in total. The van der Waals surface area contributed by atoms with Crippen LogP contribution in [0, 0.1) is 0 Å². The van der Waals surface area contributed by atoms with Crippen molar-refractivity contribution in [3.05, 3.63) is 62.1 Å². The molecule has 0 saturated carbocycles. The van der Waals surface area contributed by atoms with Gasteiger partial charge in [0.15, 0.2) is 0 Å². The molecule has 0 bridgehead atoms. The highest BCUT2D eigenvalue weighted by molar-refractivity contribution is 6.43.